The molecule has 0 unspecified atom stereocenters. The first kappa shape index (κ1) is 22.4. The van der Waals surface area contributed by atoms with Crippen LogP contribution in [0.5, 0.6) is 11.6 Å². The number of aromatic nitrogens is 4. The highest BCUT2D eigenvalue weighted by Crippen LogP contribution is 2.22. The number of pyridine rings is 1. The molecular weight excluding hydrogens is 445 g/mol. The van der Waals surface area contributed by atoms with Gasteiger partial charge in [0.05, 0.1) is 12.2 Å². The molecule has 11 heteroatoms. The summed E-state index contributed by atoms with van der Waals surface area (Å²) >= 11 is 0. The van der Waals surface area contributed by atoms with Gasteiger partial charge in [-0.2, -0.15) is 0 Å². The SMILES string of the molecule is O=C(O)Cn1c(=O)[nH]/c(=N\c2ccc(Oc3ccccn3)cc2)n(Cc2ccc(F)cc2)c1=O. The van der Waals surface area contributed by atoms with Crippen molar-refractivity contribution in [1.82, 2.24) is 19.1 Å². The number of hydrogen-bond acceptors (Lipinski definition) is 6. The molecule has 0 amide bonds. The monoisotopic (exact) mass is 463 g/mol. The van der Waals surface area contributed by atoms with Gasteiger partial charge in [-0.25, -0.2) is 28.5 Å². The summed E-state index contributed by atoms with van der Waals surface area (Å²) < 4.78 is 20.6. The molecular formula is C23H18FN5O5. The van der Waals surface area contributed by atoms with Crippen LogP contribution < -0.4 is 21.7 Å². The Morgan fingerprint density at radius 3 is 2.41 bits per heavy atom. The third kappa shape index (κ3) is 5.33. The largest absolute Gasteiger partial charge is 0.480 e. The molecule has 2 N–H and O–H groups in total. The van der Waals surface area contributed by atoms with Crippen LogP contribution in [0.25, 0.3) is 0 Å². The Kier molecular flexibility index (Phi) is 6.44. The second-order valence-corrected chi connectivity index (χ2v) is 7.10. The number of ether oxygens (including phenoxy) is 1. The van der Waals surface area contributed by atoms with Gasteiger partial charge in [0.1, 0.15) is 18.1 Å². The number of carboxylic acids is 1. The summed E-state index contributed by atoms with van der Waals surface area (Å²) in [4.78, 5) is 47.3. The number of H-pyrrole nitrogens is 1. The summed E-state index contributed by atoms with van der Waals surface area (Å²) in [6.07, 6.45) is 1.60. The van der Waals surface area contributed by atoms with Gasteiger partial charge in [0.15, 0.2) is 0 Å². The third-order valence-electron chi connectivity index (χ3n) is 4.66. The van der Waals surface area contributed by atoms with Gasteiger partial charge >= 0.3 is 17.3 Å². The van der Waals surface area contributed by atoms with E-state index in [9.17, 15) is 18.8 Å². The van der Waals surface area contributed by atoms with Crippen LogP contribution in [0.2, 0.25) is 0 Å². The number of carboxylic acid groups (broad SMARTS) is 1. The average molecular weight is 463 g/mol. The molecule has 0 saturated carbocycles. The van der Waals surface area contributed by atoms with Gasteiger partial charge in [-0.3, -0.25) is 14.3 Å². The Balaban J connectivity index is 1.74. The van der Waals surface area contributed by atoms with Gasteiger partial charge < -0.3 is 9.84 Å². The molecule has 0 fully saturated rings. The highest BCUT2D eigenvalue weighted by molar-refractivity contribution is 5.66. The van der Waals surface area contributed by atoms with Crippen LogP contribution in [-0.2, 0) is 17.9 Å². The number of nitrogens with zero attached hydrogens (tertiary/aromatic N) is 4. The molecule has 34 heavy (non-hydrogen) atoms. The molecule has 0 saturated heterocycles. The Morgan fingerprint density at radius 2 is 1.76 bits per heavy atom. The normalized spacial score (nSPS) is 11.4. The van der Waals surface area contributed by atoms with Crippen molar-refractivity contribution < 1.29 is 19.0 Å². The second kappa shape index (κ2) is 9.77. The van der Waals surface area contributed by atoms with Crippen LogP contribution in [0.15, 0.2) is 87.5 Å². The summed E-state index contributed by atoms with van der Waals surface area (Å²) in [5.41, 5.74) is -0.944. The maximum absolute atomic E-state index is 13.3. The lowest BCUT2D eigenvalue weighted by molar-refractivity contribution is -0.137. The van der Waals surface area contributed by atoms with Gasteiger partial charge in [-0.05, 0) is 48.0 Å². The van der Waals surface area contributed by atoms with Crippen molar-refractivity contribution in [1.29, 1.82) is 0 Å². The molecule has 4 rings (SSSR count). The van der Waals surface area contributed by atoms with Crippen LogP contribution in [0.3, 0.4) is 0 Å². The van der Waals surface area contributed by atoms with Crippen molar-refractivity contribution in [2.45, 2.75) is 13.1 Å². The zero-order chi connectivity index (χ0) is 24.1. The van der Waals surface area contributed by atoms with E-state index in [1.54, 1.807) is 48.7 Å². The van der Waals surface area contributed by atoms with Crippen LogP contribution in [-0.4, -0.2) is 30.2 Å². The minimum atomic E-state index is -1.35. The Bertz CT molecular complexity index is 1490. The van der Waals surface area contributed by atoms with Crippen molar-refractivity contribution in [3.63, 3.8) is 0 Å². The number of benzene rings is 2. The molecule has 0 spiro atoms. The standard InChI is InChI=1S/C23H18FN5O5/c24-16-6-4-15(5-7-16)13-28-21(27-22(32)29(23(28)33)14-20(30)31)26-17-8-10-18(11-9-17)34-19-3-1-2-12-25-19/h1-12H,13-14H2,(H,30,31)(H,26,27,32). The lowest BCUT2D eigenvalue weighted by atomic mass is 10.2. The molecule has 0 aliphatic carbocycles. The topological polar surface area (TPSA) is 132 Å². The smallest absolute Gasteiger partial charge is 0.335 e. The molecule has 0 atom stereocenters. The fourth-order valence-corrected chi connectivity index (χ4v) is 3.07. The van der Waals surface area contributed by atoms with E-state index < -0.39 is 29.7 Å². The van der Waals surface area contributed by atoms with E-state index in [-0.39, 0.29) is 12.2 Å². The van der Waals surface area contributed by atoms with E-state index in [1.165, 1.54) is 24.3 Å². The van der Waals surface area contributed by atoms with Crippen LogP contribution in [0, 0.1) is 5.82 Å². The number of aromatic amines is 1. The van der Waals surface area contributed by atoms with E-state index >= 15 is 0 Å². The molecule has 2 heterocycles. The fourth-order valence-electron chi connectivity index (χ4n) is 3.07. The fraction of sp³-hybridized carbons (Fsp3) is 0.0870. The van der Waals surface area contributed by atoms with Gasteiger partial charge in [0.2, 0.25) is 11.5 Å². The highest BCUT2D eigenvalue weighted by Gasteiger charge is 2.12. The zero-order valence-electron chi connectivity index (χ0n) is 17.6. The Morgan fingerprint density at radius 1 is 1.03 bits per heavy atom. The molecule has 0 aliphatic rings. The predicted octanol–water partition coefficient (Wildman–Crippen LogP) is 2.03. The quantitative estimate of drug-likeness (QED) is 0.431. The molecule has 10 nitrogen and oxygen atoms in total. The zero-order valence-corrected chi connectivity index (χ0v) is 17.6. The number of rotatable bonds is 7. The van der Waals surface area contributed by atoms with Gasteiger partial charge in [-0.1, -0.05) is 18.2 Å². The van der Waals surface area contributed by atoms with Crippen LogP contribution in [0.1, 0.15) is 5.56 Å². The van der Waals surface area contributed by atoms with Crippen LogP contribution in [0.4, 0.5) is 10.1 Å². The maximum atomic E-state index is 13.3. The molecule has 2 aromatic heterocycles. The Labute approximate surface area is 190 Å². The predicted molar refractivity (Wildman–Crippen MR) is 118 cm³/mol. The average Bonchev–Trinajstić information content (AvgIpc) is 2.82. The second-order valence-electron chi connectivity index (χ2n) is 7.10. The number of carbonyl (C=O) groups is 1. The summed E-state index contributed by atoms with van der Waals surface area (Å²) in [6.45, 7) is -0.896. The van der Waals surface area contributed by atoms with Crippen molar-refractivity contribution in [3.8, 4) is 11.6 Å². The first-order valence-corrected chi connectivity index (χ1v) is 10.0. The number of hydrogen-bond donors (Lipinski definition) is 2. The molecule has 2 aromatic carbocycles. The van der Waals surface area contributed by atoms with Crippen LogP contribution >= 0.6 is 0 Å². The van der Waals surface area contributed by atoms with Crippen molar-refractivity contribution in [2.75, 3.05) is 0 Å². The minimum Gasteiger partial charge on any atom is -0.480 e. The number of halogens is 1. The lowest BCUT2D eigenvalue weighted by Gasteiger charge is -2.10. The molecule has 0 aliphatic heterocycles. The summed E-state index contributed by atoms with van der Waals surface area (Å²) in [6, 6.07) is 17.2. The number of nitrogens with one attached hydrogen (secondary N) is 1. The first-order valence-electron chi connectivity index (χ1n) is 10.0. The van der Waals surface area contributed by atoms with Gasteiger partial charge in [-0.15, -0.1) is 0 Å². The molecule has 0 bridgehead atoms. The van der Waals surface area contributed by atoms with E-state index in [0.29, 0.717) is 27.4 Å². The molecule has 0 radical (unpaired) electrons. The van der Waals surface area contributed by atoms with Crippen molar-refractivity contribution in [3.05, 3.63) is 111 Å². The van der Waals surface area contributed by atoms with E-state index in [4.69, 9.17) is 9.84 Å². The minimum absolute atomic E-state index is 0.0742. The van der Waals surface area contributed by atoms with Gasteiger partial charge in [0, 0.05) is 12.3 Å². The van der Waals surface area contributed by atoms with E-state index in [2.05, 4.69) is 15.0 Å². The van der Waals surface area contributed by atoms with E-state index in [0.717, 1.165) is 4.57 Å². The summed E-state index contributed by atoms with van der Waals surface area (Å²) in [5.74, 6) is -0.886. The van der Waals surface area contributed by atoms with Crippen molar-refractivity contribution in [2.24, 2.45) is 4.99 Å². The van der Waals surface area contributed by atoms with Gasteiger partial charge in [0.25, 0.3) is 0 Å². The summed E-state index contributed by atoms with van der Waals surface area (Å²) in [7, 11) is 0. The lowest BCUT2D eigenvalue weighted by Crippen LogP contribution is -2.50. The maximum Gasteiger partial charge on any atom is 0.335 e. The molecule has 172 valence electrons. The summed E-state index contributed by atoms with van der Waals surface area (Å²) in [5, 5.41) is 9.06. The Hall–Kier alpha value is -4.80. The van der Waals surface area contributed by atoms with E-state index in [1.807, 2.05) is 0 Å². The first-order chi connectivity index (χ1) is 16.4. The van der Waals surface area contributed by atoms with Crippen molar-refractivity contribution >= 4 is 11.7 Å². The third-order valence-corrected chi connectivity index (χ3v) is 4.66. The number of aliphatic carboxylic acids is 1. The molecule has 4 aromatic rings. The highest BCUT2D eigenvalue weighted by atomic mass is 19.1.